The zero-order valence-corrected chi connectivity index (χ0v) is 18.1. The fourth-order valence-corrected chi connectivity index (χ4v) is 4.94. The predicted molar refractivity (Wildman–Crippen MR) is 121 cm³/mol. The Bertz CT molecular complexity index is 1200. The molecule has 2 aromatic heterocycles. The molecule has 3 heterocycles. The van der Waals surface area contributed by atoms with Crippen LogP contribution >= 0.6 is 11.3 Å². The molecule has 1 amide bonds. The zero-order valence-electron chi connectivity index (χ0n) is 17.2. The van der Waals surface area contributed by atoms with Crippen molar-refractivity contribution in [2.45, 2.75) is 26.3 Å². The number of carbonyl (C=O) groups excluding carboxylic acids is 1. The van der Waals surface area contributed by atoms with E-state index in [0.29, 0.717) is 11.7 Å². The second kappa shape index (κ2) is 8.47. The highest BCUT2D eigenvalue weighted by Crippen LogP contribution is 2.32. The van der Waals surface area contributed by atoms with Crippen molar-refractivity contribution in [3.05, 3.63) is 60.0 Å². The van der Waals surface area contributed by atoms with Crippen molar-refractivity contribution < 1.29 is 9.32 Å². The molecule has 0 radical (unpaired) electrons. The number of hydrogen-bond donors (Lipinski definition) is 1. The van der Waals surface area contributed by atoms with E-state index < -0.39 is 0 Å². The van der Waals surface area contributed by atoms with Crippen molar-refractivity contribution >= 4 is 32.6 Å². The largest absolute Gasteiger partial charge is 0.348 e. The molecule has 0 saturated carbocycles. The molecule has 158 valence electrons. The fraction of sp³-hybridized carbons (Fsp3) is 0.304. The lowest BCUT2D eigenvalue weighted by molar-refractivity contribution is -0.125. The van der Waals surface area contributed by atoms with Crippen molar-refractivity contribution in [2.24, 2.45) is 5.92 Å². The summed E-state index contributed by atoms with van der Waals surface area (Å²) in [4.78, 5) is 24.1. The Morgan fingerprint density at radius 1 is 1.16 bits per heavy atom. The normalized spacial score (nSPS) is 14.8. The molecule has 7 nitrogen and oxygen atoms in total. The van der Waals surface area contributed by atoms with E-state index in [2.05, 4.69) is 45.5 Å². The molecular weight excluding hydrogens is 410 g/mol. The number of fused-ring (bicyclic) bond motifs is 1. The third-order valence-electron chi connectivity index (χ3n) is 5.58. The van der Waals surface area contributed by atoms with E-state index in [1.54, 1.807) is 11.3 Å². The van der Waals surface area contributed by atoms with E-state index in [0.717, 1.165) is 42.1 Å². The molecule has 2 aromatic carbocycles. The van der Waals surface area contributed by atoms with Gasteiger partial charge in [-0.15, -0.1) is 0 Å². The molecule has 1 N–H and O–H groups in total. The number of rotatable bonds is 5. The van der Waals surface area contributed by atoms with Gasteiger partial charge in [-0.1, -0.05) is 52.9 Å². The Morgan fingerprint density at radius 3 is 2.77 bits per heavy atom. The molecule has 1 saturated heterocycles. The van der Waals surface area contributed by atoms with Crippen molar-refractivity contribution in [3.8, 4) is 11.4 Å². The summed E-state index contributed by atoms with van der Waals surface area (Å²) in [5.74, 6) is 0.974. The molecule has 0 aliphatic carbocycles. The molecule has 31 heavy (non-hydrogen) atoms. The first-order valence-electron chi connectivity index (χ1n) is 10.4. The number of benzene rings is 2. The minimum Gasteiger partial charge on any atom is -0.348 e. The van der Waals surface area contributed by atoms with Crippen LogP contribution in [0.1, 0.15) is 24.3 Å². The number of carbonyl (C=O) groups is 1. The average molecular weight is 434 g/mol. The zero-order chi connectivity index (χ0) is 21.2. The van der Waals surface area contributed by atoms with E-state index in [1.165, 1.54) is 10.3 Å². The van der Waals surface area contributed by atoms with Crippen molar-refractivity contribution in [1.29, 1.82) is 0 Å². The van der Waals surface area contributed by atoms with Crippen LogP contribution in [0.2, 0.25) is 0 Å². The van der Waals surface area contributed by atoms with Crippen LogP contribution in [0.5, 0.6) is 0 Å². The van der Waals surface area contributed by atoms with Crippen LogP contribution in [0.25, 0.3) is 21.6 Å². The van der Waals surface area contributed by atoms with E-state index in [4.69, 9.17) is 9.51 Å². The van der Waals surface area contributed by atoms with E-state index >= 15 is 0 Å². The van der Waals surface area contributed by atoms with Gasteiger partial charge in [0.2, 0.25) is 17.6 Å². The SMILES string of the molecule is Cc1ccc2nc(N3CCC(C(=O)NCc4nc(-c5ccccc5)no4)CC3)sc2c1. The second-order valence-corrected chi connectivity index (χ2v) is 8.83. The number of thiazole rings is 1. The van der Waals surface area contributed by atoms with Gasteiger partial charge in [0.05, 0.1) is 16.8 Å². The molecule has 1 fully saturated rings. The summed E-state index contributed by atoms with van der Waals surface area (Å²) in [6.07, 6.45) is 1.61. The van der Waals surface area contributed by atoms with Gasteiger partial charge in [-0.25, -0.2) is 4.98 Å². The smallest absolute Gasteiger partial charge is 0.246 e. The van der Waals surface area contributed by atoms with Crippen LogP contribution in [0.15, 0.2) is 53.1 Å². The highest BCUT2D eigenvalue weighted by atomic mass is 32.1. The van der Waals surface area contributed by atoms with E-state index in [1.807, 2.05) is 30.3 Å². The lowest BCUT2D eigenvalue weighted by atomic mass is 9.96. The minimum atomic E-state index is -0.00983. The summed E-state index contributed by atoms with van der Waals surface area (Å²) < 4.78 is 6.49. The molecule has 1 aliphatic heterocycles. The van der Waals surface area contributed by atoms with E-state index in [-0.39, 0.29) is 18.4 Å². The van der Waals surface area contributed by atoms with Crippen LogP contribution < -0.4 is 10.2 Å². The third-order valence-corrected chi connectivity index (χ3v) is 6.66. The van der Waals surface area contributed by atoms with Crippen molar-refractivity contribution in [2.75, 3.05) is 18.0 Å². The van der Waals surface area contributed by atoms with Crippen LogP contribution in [0, 0.1) is 12.8 Å². The molecular formula is C23H23N5O2S. The standard InChI is InChI=1S/C23H23N5O2S/c1-15-7-8-18-19(13-15)31-23(25-18)28-11-9-17(10-12-28)22(29)24-14-20-26-21(27-30-20)16-5-3-2-4-6-16/h2-8,13,17H,9-12,14H2,1H3,(H,24,29). The quantitative estimate of drug-likeness (QED) is 0.508. The summed E-state index contributed by atoms with van der Waals surface area (Å²) in [5, 5.41) is 7.98. The monoisotopic (exact) mass is 433 g/mol. The maximum atomic E-state index is 12.6. The average Bonchev–Trinajstić information content (AvgIpc) is 3.45. The number of piperidine rings is 1. The third kappa shape index (κ3) is 4.29. The summed E-state index contributed by atoms with van der Waals surface area (Å²) >= 11 is 1.72. The molecule has 0 bridgehead atoms. The van der Waals surface area contributed by atoms with Gasteiger partial charge in [0.1, 0.15) is 0 Å². The Balaban J connectivity index is 1.14. The Labute approximate surface area is 184 Å². The summed E-state index contributed by atoms with van der Waals surface area (Å²) in [6, 6.07) is 16.0. The van der Waals surface area contributed by atoms with Gasteiger partial charge in [0, 0.05) is 24.6 Å². The topological polar surface area (TPSA) is 84.2 Å². The maximum absolute atomic E-state index is 12.6. The van der Waals surface area contributed by atoms with Crippen LogP contribution in [-0.2, 0) is 11.3 Å². The first kappa shape index (κ1) is 19.7. The first-order valence-corrected chi connectivity index (χ1v) is 11.3. The van der Waals surface area contributed by atoms with E-state index in [9.17, 15) is 4.79 Å². The number of nitrogens with one attached hydrogen (secondary N) is 1. The maximum Gasteiger partial charge on any atom is 0.246 e. The van der Waals surface area contributed by atoms with Gasteiger partial charge in [0.25, 0.3) is 0 Å². The lowest BCUT2D eigenvalue weighted by Crippen LogP contribution is -2.40. The fourth-order valence-electron chi connectivity index (χ4n) is 3.83. The first-order chi connectivity index (χ1) is 15.2. The summed E-state index contributed by atoms with van der Waals surface area (Å²) in [6.45, 7) is 4.00. The minimum absolute atomic E-state index is 0.00983. The predicted octanol–water partition coefficient (Wildman–Crippen LogP) is 4.19. The van der Waals surface area contributed by atoms with Gasteiger partial charge in [-0.05, 0) is 37.5 Å². The lowest BCUT2D eigenvalue weighted by Gasteiger charge is -2.30. The summed E-state index contributed by atoms with van der Waals surface area (Å²) in [5.41, 5.74) is 3.18. The number of anilines is 1. The number of aromatic nitrogens is 3. The molecule has 1 aliphatic rings. The van der Waals surface area contributed by atoms with Gasteiger partial charge in [-0.2, -0.15) is 4.98 Å². The second-order valence-electron chi connectivity index (χ2n) is 7.82. The number of nitrogens with zero attached hydrogens (tertiary/aromatic N) is 4. The molecule has 4 aromatic rings. The van der Waals surface area contributed by atoms with Crippen LogP contribution in [0.3, 0.4) is 0 Å². The molecule has 8 heteroatoms. The van der Waals surface area contributed by atoms with Gasteiger partial charge >= 0.3 is 0 Å². The van der Waals surface area contributed by atoms with Gasteiger partial charge < -0.3 is 14.7 Å². The van der Waals surface area contributed by atoms with Crippen molar-refractivity contribution in [1.82, 2.24) is 20.4 Å². The van der Waals surface area contributed by atoms with Crippen LogP contribution in [0.4, 0.5) is 5.13 Å². The Hall–Kier alpha value is -3.26. The van der Waals surface area contributed by atoms with Gasteiger partial charge in [-0.3, -0.25) is 4.79 Å². The van der Waals surface area contributed by atoms with Crippen LogP contribution in [-0.4, -0.2) is 34.1 Å². The van der Waals surface area contributed by atoms with Gasteiger partial charge in [0.15, 0.2) is 5.13 Å². The molecule has 0 unspecified atom stereocenters. The Kier molecular flexibility index (Phi) is 5.38. The number of hydrogen-bond acceptors (Lipinski definition) is 7. The number of amides is 1. The summed E-state index contributed by atoms with van der Waals surface area (Å²) in [7, 11) is 0. The van der Waals surface area contributed by atoms with Crippen molar-refractivity contribution in [3.63, 3.8) is 0 Å². The number of aryl methyl sites for hydroxylation is 1. The molecule has 0 spiro atoms. The highest BCUT2D eigenvalue weighted by molar-refractivity contribution is 7.22. The molecule has 0 atom stereocenters. The Morgan fingerprint density at radius 2 is 1.97 bits per heavy atom. The molecule has 5 rings (SSSR count). The highest BCUT2D eigenvalue weighted by Gasteiger charge is 2.26.